The first-order valence-electron chi connectivity index (χ1n) is 19.8. The number of hydrogen-bond acceptors (Lipinski definition) is 2. The summed E-state index contributed by atoms with van der Waals surface area (Å²) in [7, 11) is 0. The Morgan fingerprint density at radius 3 is 1.76 bits per heavy atom. The molecule has 0 fully saturated rings. The summed E-state index contributed by atoms with van der Waals surface area (Å²) in [5.41, 5.74) is 12.5. The molecule has 0 radical (unpaired) electrons. The highest BCUT2D eigenvalue weighted by molar-refractivity contribution is 6.40. The van der Waals surface area contributed by atoms with Crippen LogP contribution in [0.3, 0.4) is 0 Å². The van der Waals surface area contributed by atoms with E-state index >= 15 is 0 Å². The van der Waals surface area contributed by atoms with E-state index in [1.165, 1.54) is 70.4 Å². The Bertz CT molecular complexity index is 3780. The number of para-hydroxylation sites is 4. The zero-order valence-corrected chi connectivity index (χ0v) is 31.3. The van der Waals surface area contributed by atoms with Crippen LogP contribution >= 0.6 is 0 Å². The lowest BCUT2D eigenvalue weighted by atomic mass is 9.90. The van der Waals surface area contributed by atoms with Crippen LogP contribution in [0.5, 0.6) is 0 Å². The molecule has 10 aromatic carbocycles. The Morgan fingerprint density at radius 1 is 0.328 bits per heavy atom. The molecule has 0 N–H and O–H groups in total. The topological polar surface area (TPSA) is 35.6 Å². The molecule has 0 unspecified atom stereocenters. The first-order chi connectivity index (χ1) is 28.8. The van der Waals surface area contributed by atoms with Gasteiger partial charge in [-0.1, -0.05) is 133 Å². The van der Waals surface area contributed by atoms with Crippen molar-refractivity contribution in [1.82, 2.24) is 19.1 Å². The van der Waals surface area contributed by atoms with Crippen molar-refractivity contribution in [3.05, 3.63) is 194 Å². The monoisotopic (exact) mass is 736 g/mol. The second-order valence-electron chi connectivity index (χ2n) is 15.3. The second-order valence-corrected chi connectivity index (χ2v) is 15.3. The quantitative estimate of drug-likeness (QED) is 0.169. The number of rotatable bonds is 4. The van der Waals surface area contributed by atoms with Crippen molar-refractivity contribution in [2.24, 2.45) is 0 Å². The van der Waals surface area contributed by atoms with Gasteiger partial charge in [-0.3, -0.25) is 0 Å². The van der Waals surface area contributed by atoms with Gasteiger partial charge in [-0.2, -0.15) is 0 Å². The fraction of sp³-hybridized carbons (Fsp3) is 0. The Kier molecular flexibility index (Phi) is 6.41. The average molecular weight is 737 g/mol. The predicted octanol–water partition coefficient (Wildman–Crippen LogP) is 14.1. The Balaban J connectivity index is 1.24. The molecule has 3 heterocycles. The van der Waals surface area contributed by atoms with E-state index < -0.39 is 0 Å². The van der Waals surface area contributed by atoms with E-state index in [4.69, 9.17) is 9.97 Å². The Hall–Kier alpha value is -7.82. The summed E-state index contributed by atoms with van der Waals surface area (Å²) in [4.78, 5) is 10.8. The molecule has 0 atom stereocenters. The minimum atomic E-state index is 0.868. The van der Waals surface area contributed by atoms with Gasteiger partial charge >= 0.3 is 0 Å². The lowest BCUT2D eigenvalue weighted by Crippen LogP contribution is -2.00. The van der Waals surface area contributed by atoms with E-state index in [-0.39, 0.29) is 0 Å². The molecule has 0 aliphatic carbocycles. The highest BCUT2D eigenvalue weighted by Gasteiger charge is 2.27. The van der Waals surface area contributed by atoms with Crippen molar-refractivity contribution >= 4 is 87.0 Å². The molecule has 0 aliphatic rings. The zero-order chi connectivity index (χ0) is 37.9. The van der Waals surface area contributed by atoms with Gasteiger partial charge in [-0.25, -0.2) is 9.97 Å². The van der Waals surface area contributed by atoms with Crippen LogP contribution in [-0.4, -0.2) is 19.1 Å². The van der Waals surface area contributed by atoms with E-state index in [2.05, 4.69) is 191 Å². The van der Waals surface area contributed by atoms with Crippen molar-refractivity contribution in [3.8, 4) is 33.9 Å². The largest absolute Gasteiger partial charge is 0.309 e. The van der Waals surface area contributed by atoms with E-state index in [1.807, 2.05) is 12.1 Å². The first-order valence-corrected chi connectivity index (χ1v) is 19.8. The van der Waals surface area contributed by atoms with E-state index in [0.29, 0.717) is 0 Å². The molecule has 58 heavy (non-hydrogen) atoms. The van der Waals surface area contributed by atoms with Crippen molar-refractivity contribution < 1.29 is 0 Å². The van der Waals surface area contributed by atoms with Crippen molar-refractivity contribution in [3.63, 3.8) is 0 Å². The van der Waals surface area contributed by atoms with Crippen LogP contribution in [0.2, 0.25) is 0 Å². The molecule has 3 aromatic heterocycles. The van der Waals surface area contributed by atoms with Gasteiger partial charge in [0.25, 0.3) is 0 Å². The van der Waals surface area contributed by atoms with Crippen LogP contribution in [-0.2, 0) is 0 Å². The molecule has 4 nitrogen and oxygen atoms in total. The summed E-state index contributed by atoms with van der Waals surface area (Å²) < 4.78 is 4.90. The Labute approximate surface area is 332 Å². The van der Waals surface area contributed by atoms with Gasteiger partial charge in [0.1, 0.15) is 0 Å². The van der Waals surface area contributed by atoms with Gasteiger partial charge in [0.15, 0.2) is 0 Å². The van der Waals surface area contributed by atoms with Crippen molar-refractivity contribution in [2.75, 3.05) is 0 Å². The summed E-state index contributed by atoms with van der Waals surface area (Å²) >= 11 is 0. The summed E-state index contributed by atoms with van der Waals surface area (Å²) in [5, 5.41) is 12.4. The highest BCUT2D eigenvalue weighted by atomic mass is 15.0. The van der Waals surface area contributed by atoms with Gasteiger partial charge in [0.05, 0.1) is 44.5 Å². The maximum Gasteiger partial charge on any atom is 0.0994 e. The van der Waals surface area contributed by atoms with Gasteiger partial charge < -0.3 is 9.13 Å². The molecule has 0 amide bonds. The normalized spacial score (nSPS) is 12.1. The molecule has 0 saturated carbocycles. The standard InChI is InChI=1S/C54H32N4/c1-3-15-33(16-4-1)52-53(56-45-25-13-12-24-44(45)55-52)42-29-28-41-38-21-9-10-23-40(38)49-37-20-8-7-17-34(37)31-48-51(49)50(41)54(42)58(48)36-27-30-47-43(32-36)39-22-11-14-26-46(39)57(47)35-18-5-2-6-19-35/h1-32H. The average Bonchev–Trinajstić information content (AvgIpc) is 3.81. The fourth-order valence-corrected chi connectivity index (χ4v) is 9.80. The number of nitrogens with zero attached hydrogens (tertiary/aromatic N) is 4. The number of benzene rings is 10. The highest BCUT2D eigenvalue weighted by Crippen LogP contribution is 2.50. The van der Waals surface area contributed by atoms with Gasteiger partial charge in [0, 0.05) is 49.4 Å². The smallest absolute Gasteiger partial charge is 0.0994 e. The molecule has 0 spiro atoms. The second kappa shape index (κ2) is 11.8. The lowest BCUT2D eigenvalue weighted by Gasteiger charge is -2.16. The minimum absolute atomic E-state index is 0.868. The maximum atomic E-state index is 5.50. The first kappa shape index (κ1) is 31.4. The number of hydrogen-bond donors (Lipinski definition) is 0. The third-order valence-electron chi connectivity index (χ3n) is 12.2. The van der Waals surface area contributed by atoms with Gasteiger partial charge in [-0.15, -0.1) is 0 Å². The molecule has 4 heteroatoms. The number of aromatic nitrogens is 4. The summed E-state index contributed by atoms with van der Waals surface area (Å²) in [6, 6.07) is 70.0. The molecule has 268 valence electrons. The Morgan fingerprint density at radius 2 is 0.948 bits per heavy atom. The third-order valence-corrected chi connectivity index (χ3v) is 12.2. The van der Waals surface area contributed by atoms with E-state index in [1.54, 1.807) is 0 Å². The van der Waals surface area contributed by atoms with Crippen LogP contribution in [0.15, 0.2) is 194 Å². The van der Waals surface area contributed by atoms with Crippen LogP contribution in [0, 0.1) is 0 Å². The van der Waals surface area contributed by atoms with Crippen LogP contribution < -0.4 is 0 Å². The summed E-state index contributed by atoms with van der Waals surface area (Å²) in [6.45, 7) is 0. The van der Waals surface area contributed by atoms with Gasteiger partial charge in [0.2, 0.25) is 0 Å². The summed E-state index contributed by atoms with van der Waals surface area (Å²) in [5.74, 6) is 0. The van der Waals surface area contributed by atoms with Crippen molar-refractivity contribution in [2.45, 2.75) is 0 Å². The molecule has 13 rings (SSSR count). The minimum Gasteiger partial charge on any atom is -0.309 e. The SMILES string of the molecule is c1ccc(-c2nc3ccccc3nc2-c2ccc3c4ccccc4c4c5ccccc5cc5c4c3c2n5-c2ccc3c(c2)c2ccccc2n3-c2ccccc2)cc1. The van der Waals surface area contributed by atoms with E-state index in [0.717, 1.165) is 50.4 Å². The predicted molar refractivity (Wildman–Crippen MR) is 243 cm³/mol. The van der Waals surface area contributed by atoms with Crippen LogP contribution in [0.25, 0.3) is 121 Å². The van der Waals surface area contributed by atoms with Crippen LogP contribution in [0.1, 0.15) is 0 Å². The molecular formula is C54H32N4. The molecule has 13 aromatic rings. The fourth-order valence-electron chi connectivity index (χ4n) is 9.80. The maximum absolute atomic E-state index is 5.50. The van der Waals surface area contributed by atoms with E-state index in [9.17, 15) is 0 Å². The lowest BCUT2D eigenvalue weighted by molar-refractivity contribution is 1.16. The molecular weight excluding hydrogens is 705 g/mol. The molecule has 0 aliphatic heterocycles. The van der Waals surface area contributed by atoms with Crippen molar-refractivity contribution in [1.29, 1.82) is 0 Å². The van der Waals surface area contributed by atoms with Gasteiger partial charge in [-0.05, 0) is 87.6 Å². The molecule has 0 bridgehead atoms. The third kappa shape index (κ3) is 4.29. The zero-order valence-electron chi connectivity index (χ0n) is 31.3. The summed E-state index contributed by atoms with van der Waals surface area (Å²) in [6.07, 6.45) is 0. The molecule has 0 saturated heterocycles. The number of fused-ring (bicyclic) bond motifs is 9. The van der Waals surface area contributed by atoms with Crippen LogP contribution in [0.4, 0.5) is 0 Å².